The van der Waals surface area contributed by atoms with Crippen molar-refractivity contribution in [1.82, 2.24) is 9.78 Å². The van der Waals surface area contributed by atoms with Gasteiger partial charge in [-0.3, -0.25) is 4.68 Å². The van der Waals surface area contributed by atoms with Gasteiger partial charge in [-0.25, -0.2) is 9.18 Å². The van der Waals surface area contributed by atoms with Gasteiger partial charge in [0.15, 0.2) is 0 Å². The minimum Gasteiger partial charge on any atom is -0.462 e. The molecule has 0 aliphatic carbocycles. The van der Waals surface area contributed by atoms with Gasteiger partial charge in [-0.2, -0.15) is 5.10 Å². The Labute approximate surface area is 118 Å². The van der Waals surface area contributed by atoms with Crippen LogP contribution in [0.15, 0.2) is 35.1 Å². The Hall–Kier alpha value is -1.69. The van der Waals surface area contributed by atoms with E-state index in [4.69, 9.17) is 4.74 Å². The van der Waals surface area contributed by atoms with E-state index in [2.05, 4.69) is 21.0 Å². The number of carbonyl (C=O) groups is 1. The molecule has 100 valence electrons. The molecule has 19 heavy (non-hydrogen) atoms. The highest BCUT2D eigenvalue weighted by Gasteiger charge is 2.09. The van der Waals surface area contributed by atoms with Crippen molar-refractivity contribution in [3.05, 3.63) is 52.0 Å². The fraction of sp³-hybridized carbons (Fsp3) is 0.231. The van der Waals surface area contributed by atoms with E-state index in [1.165, 1.54) is 12.3 Å². The number of esters is 1. The summed E-state index contributed by atoms with van der Waals surface area (Å²) in [6, 6.07) is 4.74. The van der Waals surface area contributed by atoms with Crippen LogP contribution in [0.25, 0.3) is 0 Å². The van der Waals surface area contributed by atoms with Gasteiger partial charge < -0.3 is 4.74 Å². The first-order chi connectivity index (χ1) is 9.10. The van der Waals surface area contributed by atoms with E-state index in [0.717, 1.165) is 5.56 Å². The zero-order chi connectivity index (χ0) is 13.8. The maximum Gasteiger partial charge on any atom is 0.341 e. The Morgan fingerprint density at radius 3 is 3.00 bits per heavy atom. The molecular weight excluding hydrogens is 315 g/mol. The van der Waals surface area contributed by atoms with Crippen LogP contribution in [-0.4, -0.2) is 22.4 Å². The van der Waals surface area contributed by atoms with Crippen molar-refractivity contribution in [3.8, 4) is 0 Å². The van der Waals surface area contributed by atoms with Gasteiger partial charge in [-0.15, -0.1) is 0 Å². The van der Waals surface area contributed by atoms with Crippen molar-refractivity contribution in [1.29, 1.82) is 0 Å². The first kappa shape index (κ1) is 13.7. The normalized spacial score (nSPS) is 10.5. The number of halogens is 2. The van der Waals surface area contributed by atoms with Crippen molar-refractivity contribution in [2.75, 3.05) is 6.61 Å². The predicted molar refractivity (Wildman–Crippen MR) is 71.4 cm³/mol. The molecule has 0 fully saturated rings. The molecule has 0 radical (unpaired) electrons. The zero-order valence-corrected chi connectivity index (χ0v) is 11.9. The smallest absolute Gasteiger partial charge is 0.341 e. The van der Waals surface area contributed by atoms with Crippen molar-refractivity contribution in [2.24, 2.45) is 0 Å². The highest BCUT2D eigenvalue weighted by Crippen LogP contribution is 2.17. The molecule has 6 heteroatoms. The van der Waals surface area contributed by atoms with E-state index in [9.17, 15) is 9.18 Å². The van der Waals surface area contributed by atoms with Crippen molar-refractivity contribution < 1.29 is 13.9 Å². The summed E-state index contributed by atoms with van der Waals surface area (Å²) in [6.07, 6.45) is 3.06. The Balaban J connectivity index is 2.11. The van der Waals surface area contributed by atoms with Gasteiger partial charge in [0.05, 0.1) is 29.4 Å². The van der Waals surface area contributed by atoms with Crippen LogP contribution < -0.4 is 0 Å². The fourth-order valence-corrected chi connectivity index (χ4v) is 2.02. The van der Waals surface area contributed by atoms with E-state index < -0.39 is 5.97 Å². The van der Waals surface area contributed by atoms with Crippen LogP contribution in [0.2, 0.25) is 0 Å². The number of rotatable bonds is 4. The number of carbonyl (C=O) groups excluding carboxylic acids is 1. The molecule has 1 aromatic carbocycles. The second kappa shape index (κ2) is 5.97. The standard InChI is InChI=1S/C13H12BrFN2O2/c1-2-19-13(18)10-6-16-17(8-10)7-9-3-4-12(15)11(14)5-9/h3-6,8H,2,7H2,1H3. The lowest BCUT2D eigenvalue weighted by Crippen LogP contribution is -2.04. The fourth-order valence-electron chi connectivity index (χ4n) is 1.59. The monoisotopic (exact) mass is 326 g/mol. The third-order valence-electron chi connectivity index (χ3n) is 2.47. The molecule has 1 heterocycles. The summed E-state index contributed by atoms with van der Waals surface area (Å²) in [6.45, 7) is 2.53. The maximum atomic E-state index is 13.1. The Morgan fingerprint density at radius 1 is 1.53 bits per heavy atom. The van der Waals surface area contributed by atoms with E-state index in [0.29, 0.717) is 23.2 Å². The Morgan fingerprint density at radius 2 is 2.32 bits per heavy atom. The van der Waals surface area contributed by atoms with Crippen molar-refractivity contribution in [3.63, 3.8) is 0 Å². The number of benzene rings is 1. The van der Waals surface area contributed by atoms with Crippen molar-refractivity contribution in [2.45, 2.75) is 13.5 Å². The van der Waals surface area contributed by atoms with E-state index in [-0.39, 0.29) is 5.82 Å². The maximum absolute atomic E-state index is 13.1. The van der Waals surface area contributed by atoms with Gasteiger partial charge >= 0.3 is 5.97 Å². The third-order valence-corrected chi connectivity index (χ3v) is 3.08. The van der Waals surface area contributed by atoms with E-state index in [1.807, 2.05) is 0 Å². The summed E-state index contributed by atoms with van der Waals surface area (Å²) in [5.41, 5.74) is 1.29. The van der Waals surface area contributed by atoms with Gasteiger partial charge in [-0.05, 0) is 40.5 Å². The molecule has 0 saturated carbocycles. The zero-order valence-electron chi connectivity index (χ0n) is 10.3. The summed E-state index contributed by atoms with van der Waals surface area (Å²) in [5, 5.41) is 4.07. The minimum atomic E-state index is -0.394. The van der Waals surface area contributed by atoms with Gasteiger partial charge in [-0.1, -0.05) is 6.07 Å². The van der Waals surface area contributed by atoms with Crippen LogP contribution in [0.3, 0.4) is 0 Å². The molecule has 2 rings (SSSR count). The van der Waals surface area contributed by atoms with Gasteiger partial charge in [0, 0.05) is 6.20 Å². The topological polar surface area (TPSA) is 44.1 Å². The minimum absolute atomic E-state index is 0.309. The molecule has 0 atom stereocenters. The highest BCUT2D eigenvalue weighted by molar-refractivity contribution is 9.10. The number of aromatic nitrogens is 2. The number of nitrogens with zero attached hydrogens (tertiary/aromatic N) is 2. The summed E-state index contributed by atoms with van der Waals surface area (Å²) in [4.78, 5) is 11.5. The molecule has 0 unspecified atom stereocenters. The summed E-state index contributed by atoms with van der Waals surface area (Å²) < 4.78 is 20.0. The third kappa shape index (κ3) is 3.41. The average Bonchev–Trinajstić information content (AvgIpc) is 2.83. The molecule has 0 bridgehead atoms. The largest absolute Gasteiger partial charge is 0.462 e. The molecule has 4 nitrogen and oxygen atoms in total. The van der Waals surface area contributed by atoms with E-state index >= 15 is 0 Å². The molecule has 2 aromatic rings. The van der Waals surface area contributed by atoms with Crippen LogP contribution in [0.5, 0.6) is 0 Å². The molecule has 1 aromatic heterocycles. The van der Waals surface area contributed by atoms with Crippen molar-refractivity contribution >= 4 is 21.9 Å². The van der Waals surface area contributed by atoms with E-state index in [1.54, 1.807) is 29.9 Å². The van der Waals surface area contributed by atoms with Crippen LogP contribution >= 0.6 is 15.9 Å². The number of hydrogen-bond donors (Lipinski definition) is 0. The lowest BCUT2D eigenvalue weighted by molar-refractivity contribution is 0.0526. The average molecular weight is 327 g/mol. The second-order valence-corrected chi connectivity index (χ2v) is 4.75. The molecular formula is C13H12BrFN2O2. The van der Waals surface area contributed by atoms with Gasteiger partial charge in [0.25, 0.3) is 0 Å². The van der Waals surface area contributed by atoms with Crippen LogP contribution in [-0.2, 0) is 11.3 Å². The molecule has 0 aliphatic heterocycles. The second-order valence-electron chi connectivity index (χ2n) is 3.90. The number of ether oxygens (including phenoxy) is 1. The molecule has 0 amide bonds. The quantitative estimate of drug-likeness (QED) is 0.811. The van der Waals surface area contributed by atoms with Gasteiger partial charge in [0.1, 0.15) is 5.82 Å². The summed E-state index contributed by atoms with van der Waals surface area (Å²) >= 11 is 3.13. The first-order valence-corrected chi connectivity index (χ1v) is 6.53. The molecule has 0 spiro atoms. The highest BCUT2D eigenvalue weighted by atomic mass is 79.9. The molecule has 0 N–H and O–H groups in total. The SMILES string of the molecule is CCOC(=O)c1cnn(Cc2ccc(F)c(Br)c2)c1. The van der Waals surface area contributed by atoms with Crippen LogP contribution in [0.4, 0.5) is 4.39 Å². The summed E-state index contributed by atoms with van der Waals surface area (Å²) in [5.74, 6) is -0.703. The number of hydrogen-bond acceptors (Lipinski definition) is 3. The van der Waals surface area contributed by atoms with Crippen LogP contribution in [0.1, 0.15) is 22.8 Å². The van der Waals surface area contributed by atoms with Gasteiger partial charge in [0.2, 0.25) is 0 Å². The lowest BCUT2D eigenvalue weighted by Gasteiger charge is -2.03. The molecule has 0 saturated heterocycles. The summed E-state index contributed by atoms with van der Waals surface area (Å²) in [7, 11) is 0. The Bertz CT molecular complexity index is 598. The predicted octanol–water partition coefficient (Wildman–Crippen LogP) is 3.01. The Kier molecular flexibility index (Phi) is 4.31. The first-order valence-electron chi connectivity index (χ1n) is 5.73. The molecule has 0 aliphatic rings. The lowest BCUT2D eigenvalue weighted by atomic mass is 10.2. The van der Waals surface area contributed by atoms with Crippen LogP contribution in [0, 0.1) is 5.82 Å².